The maximum atomic E-state index is 6.20. The van der Waals surface area contributed by atoms with E-state index in [4.69, 9.17) is 5.73 Å². The summed E-state index contributed by atoms with van der Waals surface area (Å²) >= 11 is 0. The molecular weight excluding hydrogens is 422 g/mol. The van der Waals surface area contributed by atoms with Crippen LogP contribution in [0.5, 0.6) is 0 Å². The maximum Gasteiger partial charge on any atom is 0.0320 e. The maximum absolute atomic E-state index is 6.20. The predicted molar refractivity (Wildman–Crippen MR) is 150 cm³/mol. The summed E-state index contributed by atoms with van der Waals surface area (Å²) < 4.78 is 0. The first-order chi connectivity index (χ1) is 17.3. The molecule has 166 valence electrons. The SMILES string of the molecule is Nc1ccc(-c2ccccc2)c(-c2cccc(-c3ccc(-c4cccc5ccccc45)cc3)c2)c1. The van der Waals surface area contributed by atoms with Gasteiger partial charge >= 0.3 is 0 Å². The highest BCUT2D eigenvalue weighted by Gasteiger charge is 2.10. The molecule has 0 unspecified atom stereocenters. The van der Waals surface area contributed by atoms with Gasteiger partial charge in [0.25, 0.3) is 0 Å². The van der Waals surface area contributed by atoms with Crippen LogP contribution in [0, 0.1) is 0 Å². The molecule has 1 nitrogen and oxygen atoms in total. The normalized spacial score (nSPS) is 11.0. The number of nitrogens with two attached hydrogens (primary N) is 1. The molecule has 0 heterocycles. The van der Waals surface area contributed by atoms with Crippen LogP contribution < -0.4 is 5.73 Å². The van der Waals surface area contributed by atoms with Gasteiger partial charge in [-0.2, -0.15) is 0 Å². The van der Waals surface area contributed by atoms with Gasteiger partial charge in [-0.15, -0.1) is 0 Å². The van der Waals surface area contributed by atoms with Crippen LogP contribution in [0.3, 0.4) is 0 Å². The van der Waals surface area contributed by atoms with E-state index in [0.29, 0.717) is 0 Å². The number of rotatable bonds is 4. The van der Waals surface area contributed by atoms with Crippen LogP contribution in [-0.4, -0.2) is 0 Å². The summed E-state index contributed by atoms with van der Waals surface area (Å²) in [5, 5.41) is 2.54. The smallest absolute Gasteiger partial charge is 0.0320 e. The van der Waals surface area contributed by atoms with E-state index in [1.165, 1.54) is 44.2 Å². The van der Waals surface area contributed by atoms with Gasteiger partial charge in [0, 0.05) is 5.69 Å². The molecule has 6 aromatic carbocycles. The molecule has 0 aliphatic carbocycles. The van der Waals surface area contributed by atoms with Crippen molar-refractivity contribution in [2.45, 2.75) is 0 Å². The Morgan fingerprint density at radius 2 is 0.971 bits per heavy atom. The lowest BCUT2D eigenvalue weighted by Crippen LogP contribution is -1.90. The Morgan fingerprint density at radius 3 is 1.83 bits per heavy atom. The van der Waals surface area contributed by atoms with Crippen LogP contribution in [0.4, 0.5) is 5.69 Å². The van der Waals surface area contributed by atoms with E-state index in [-0.39, 0.29) is 0 Å². The van der Waals surface area contributed by atoms with Crippen molar-refractivity contribution >= 4 is 16.5 Å². The summed E-state index contributed by atoms with van der Waals surface area (Å²) in [4.78, 5) is 0. The number of fused-ring (bicyclic) bond motifs is 1. The predicted octanol–water partition coefficient (Wildman–Crippen LogP) is 9.09. The van der Waals surface area contributed by atoms with E-state index >= 15 is 0 Å². The van der Waals surface area contributed by atoms with Crippen molar-refractivity contribution in [1.29, 1.82) is 0 Å². The van der Waals surface area contributed by atoms with Gasteiger partial charge in [-0.1, -0.05) is 121 Å². The molecule has 0 aromatic heterocycles. The molecule has 1 heteroatoms. The molecule has 6 rings (SSSR count). The summed E-state index contributed by atoms with van der Waals surface area (Å²) in [5.74, 6) is 0. The second-order valence-corrected chi connectivity index (χ2v) is 8.86. The van der Waals surface area contributed by atoms with Gasteiger partial charge in [0.1, 0.15) is 0 Å². The fourth-order valence-electron chi connectivity index (χ4n) is 4.86. The third-order valence-corrected chi connectivity index (χ3v) is 6.62. The zero-order chi connectivity index (χ0) is 23.6. The zero-order valence-corrected chi connectivity index (χ0v) is 19.4. The fraction of sp³-hybridized carbons (Fsp3) is 0. The summed E-state index contributed by atoms with van der Waals surface area (Å²) in [6.07, 6.45) is 0. The average Bonchev–Trinajstić information content (AvgIpc) is 2.93. The fourth-order valence-corrected chi connectivity index (χ4v) is 4.86. The van der Waals surface area contributed by atoms with Crippen molar-refractivity contribution in [3.05, 3.63) is 140 Å². The van der Waals surface area contributed by atoms with Crippen molar-refractivity contribution < 1.29 is 0 Å². The van der Waals surface area contributed by atoms with Gasteiger partial charge in [0.15, 0.2) is 0 Å². The molecule has 6 aromatic rings. The number of benzene rings is 6. The van der Waals surface area contributed by atoms with Gasteiger partial charge in [0.05, 0.1) is 0 Å². The van der Waals surface area contributed by atoms with Gasteiger partial charge in [-0.3, -0.25) is 0 Å². The topological polar surface area (TPSA) is 26.0 Å². The molecule has 0 bridgehead atoms. The van der Waals surface area contributed by atoms with Gasteiger partial charge in [-0.05, 0) is 73.5 Å². The van der Waals surface area contributed by atoms with E-state index < -0.39 is 0 Å². The Bertz CT molecular complexity index is 1620. The molecule has 35 heavy (non-hydrogen) atoms. The van der Waals surface area contributed by atoms with E-state index in [1.807, 2.05) is 12.1 Å². The van der Waals surface area contributed by atoms with Crippen LogP contribution in [0.25, 0.3) is 55.3 Å². The summed E-state index contributed by atoms with van der Waals surface area (Å²) in [7, 11) is 0. The van der Waals surface area contributed by atoms with Crippen LogP contribution in [-0.2, 0) is 0 Å². The molecule has 0 saturated heterocycles. The summed E-state index contributed by atoms with van der Waals surface area (Å²) in [6, 6.07) is 49.3. The standard InChI is InChI=1S/C34H25N/c35-30-20-21-33(25-8-2-1-3-9-25)34(23-30)29-13-6-12-28(22-29)24-16-18-27(19-17-24)32-15-7-11-26-10-4-5-14-31(26)32/h1-23H,35H2. The Kier molecular flexibility index (Phi) is 5.37. The molecule has 0 aliphatic rings. The van der Waals surface area contributed by atoms with E-state index in [1.54, 1.807) is 0 Å². The minimum atomic E-state index is 0.768. The molecule has 2 N–H and O–H groups in total. The minimum Gasteiger partial charge on any atom is -0.399 e. The summed E-state index contributed by atoms with van der Waals surface area (Å²) in [6.45, 7) is 0. The quantitative estimate of drug-likeness (QED) is 0.268. The molecule has 0 amide bonds. The third-order valence-electron chi connectivity index (χ3n) is 6.62. The lowest BCUT2D eigenvalue weighted by Gasteiger charge is -2.13. The van der Waals surface area contributed by atoms with Crippen molar-refractivity contribution in [2.75, 3.05) is 5.73 Å². The van der Waals surface area contributed by atoms with Crippen LogP contribution in [0.2, 0.25) is 0 Å². The Labute approximate surface area is 206 Å². The Balaban J connectivity index is 1.39. The highest BCUT2D eigenvalue weighted by molar-refractivity contribution is 5.97. The Morgan fingerprint density at radius 1 is 0.343 bits per heavy atom. The Hall–Kier alpha value is -4.62. The van der Waals surface area contributed by atoms with Gasteiger partial charge in [-0.25, -0.2) is 0 Å². The number of anilines is 1. The highest BCUT2D eigenvalue weighted by Crippen LogP contribution is 2.36. The minimum absolute atomic E-state index is 0.768. The lowest BCUT2D eigenvalue weighted by atomic mass is 9.91. The summed E-state index contributed by atoms with van der Waals surface area (Å²) in [5.41, 5.74) is 16.5. The first-order valence-corrected chi connectivity index (χ1v) is 11.9. The van der Waals surface area contributed by atoms with E-state index in [0.717, 1.165) is 16.8 Å². The van der Waals surface area contributed by atoms with Crippen LogP contribution in [0.1, 0.15) is 0 Å². The molecule has 0 fully saturated rings. The molecule has 0 saturated carbocycles. The number of hydrogen-bond donors (Lipinski definition) is 1. The van der Waals surface area contributed by atoms with Crippen molar-refractivity contribution in [3.8, 4) is 44.5 Å². The van der Waals surface area contributed by atoms with Crippen LogP contribution in [0.15, 0.2) is 140 Å². The van der Waals surface area contributed by atoms with Crippen LogP contribution >= 0.6 is 0 Å². The van der Waals surface area contributed by atoms with Gasteiger partial charge in [0.2, 0.25) is 0 Å². The first-order valence-electron chi connectivity index (χ1n) is 11.9. The van der Waals surface area contributed by atoms with E-state index in [9.17, 15) is 0 Å². The molecule has 0 aliphatic heterocycles. The second kappa shape index (κ2) is 8.96. The third kappa shape index (κ3) is 4.09. The average molecular weight is 448 g/mol. The number of hydrogen-bond acceptors (Lipinski definition) is 1. The molecular formula is C34H25N. The lowest BCUT2D eigenvalue weighted by molar-refractivity contribution is 1.56. The van der Waals surface area contributed by atoms with Crippen molar-refractivity contribution in [3.63, 3.8) is 0 Å². The molecule has 0 radical (unpaired) electrons. The monoisotopic (exact) mass is 447 g/mol. The molecule has 0 spiro atoms. The first kappa shape index (κ1) is 20.9. The van der Waals surface area contributed by atoms with E-state index in [2.05, 4.69) is 127 Å². The highest BCUT2D eigenvalue weighted by atomic mass is 14.5. The zero-order valence-electron chi connectivity index (χ0n) is 19.4. The number of nitrogen functional groups attached to an aromatic ring is 1. The molecule has 0 atom stereocenters. The second-order valence-electron chi connectivity index (χ2n) is 8.86. The van der Waals surface area contributed by atoms with Crippen molar-refractivity contribution in [1.82, 2.24) is 0 Å². The van der Waals surface area contributed by atoms with Gasteiger partial charge < -0.3 is 5.73 Å². The van der Waals surface area contributed by atoms with Crippen molar-refractivity contribution in [2.24, 2.45) is 0 Å². The largest absolute Gasteiger partial charge is 0.399 e.